The van der Waals surface area contributed by atoms with Crippen molar-refractivity contribution in [2.24, 2.45) is 0 Å². The smallest absolute Gasteiger partial charge is 0.253 e. The molecule has 5 heteroatoms. The van der Waals surface area contributed by atoms with Crippen LogP contribution in [-0.4, -0.2) is 24.1 Å². The molecule has 0 aliphatic rings. The molecule has 0 fully saturated rings. The Kier molecular flexibility index (Phi) is 7.48. The van der Waals surface area contributed by atoms with Crippen LogP contribution in [0, 0.1) is 13.8 Å². The zero-order valence-corrected chi connectivity index (χ0v) is 16.0. The molecule has 4 nitrogen and oxygen atoms in total. The van der Waals surface area contributed by atoms with Gasteiger partial charge in [-0.3, -0.25) is 9.59 Å². The summed E-state index contributed by atoms with van der Waals surface area (Å²) in [7, 11) is 0. The van der Waals surface area contributed by atoms with E-state index in [-0.39, 0.29) is 11.8 Å². The molecule has 0 saturated heterocycles. The Morgan fingerprint density at radius 2 is 1.81 bits per heavy atom. The minimum atomic E-state index is -0.233. The lowest BCUT2D eigenvalue weighted by Gasteiger charge is -2.11. The minimum absolute atomic E-state index is 0.122. The third kappa shape index (κ3) is 6.08. The summed E-state index contributed by atoms with van der Waals surface area (Å²) >= 11 is 1.55. The van der Waals surface area contributed by atoms with Crippen LogP contribution in [0.3, 0.4) is 0 Å². The van der Waals surface area contributed by atoms with Crippen molar-refractivity contribution in [3.63, 3.8) is 0 Å². The SMILES string of the molecule is C=CCNC(=O)c1ccccc1NC(=O)CSCc1cc(C)cc(C)c1. The molecule has 26 heavy (non-hydrogen) atoms. The molecule has 0 heterocycles. The van der Waals surface area contributed by atoms with Crippen LogP contribution in [0.4, 0.5) is 5.69 Å². The Bertz CT molecular complexity index is 782. The van der Waals surface area contributed by atoms with Gasteiger partial charge in [0.2, 0.25) is 5.91 Å². The zero-order valence-electron chi connectivity index (χ0n) is 15.2. The summed E-state index contributed by atoms with van der Waals surface area (Å²) in [5, 5.41) is 5.55. The maximum absolute atomic E-state index is 12.2. The summed E-state index contributed by atoms with van der Waals surface area (Å²) in [5.74, 6) is 0.750. The lowest BCUT2D eigenvalue weighted by Crippen LogP contribution is -2.25. The number of hydrogen-bond acceptors (Lipinski definition) is 3. The second-order valence-corrected chi connectivity index (χ2v) is 7.07. The second-order valence-electron chi connectivity index (χ2n) is 6.08. The van der Waals surface area contributed by atoms with Crippen molar-refractivity contribution in [3.8, 4) is 0 Å². The number of carbonyl (C=O) groups is 2. The van der Waals surface area contributed by atoms with Gasteiger partial charge in [-0.05, 0) is 31.5 Å². The largest absolute Gasteiger partial charge is 0.349 e. The number of carbonyl (C=O) groups excluding carboxylic acids is 2. The molecular weight excluding hydrogens is 344 g/mol. The van der Waals surface area contributed by atoms with Crippen molar-refractivity contribution in [2.45, 2.75) is 19.6 Å². The lowest BCUT2D eigenvalue weighted by molar-refractivity contribution is -0.113. The molecule has 2 N–H and O–H groups in total. The molecule has 0 saturated carbocycles. The van der Waals surface area contributed by atoms with E-state index < -0.39 is 0 Å². The highest BCUT2D eigenvalue weighted by atomic mass is 32.2. The molecule has 136 valence electrons. The van der Waals surface area contributed by atoms with Gasteiger partial charge >= 0.3 is 0 Å². The number of anilines is 1. The van der Waals surface area contributed by atoms with Crippen LogP contribution in [0.1, 0.15) is 27.0 Å². The highest BCUT2D eigenvalue weighted by Gasteiger charge is 2.12. The van der Waals surface area contributed by atoms with E-state index in [1.165, 1.54) is 16.7 Å². The van der Waals surface area contributed by atoms with Crippen LogP contribution < -0.4 is 10.6 Å². The van der Waals surface area contributed by atoms with Gasteiger partial charge in [-0.25, -0.2) is 0 Å². The van der Waals surface area contributed by atoms with Crippen molar-refractivity contribution in [1.82, 2.24) is 5.32 Å². The van der Waals surface area contributed by atoms with Crippen LogP contribution in [0.2, 0.25) is 0 Å². The van der Waals surface area contributed by atoms with E-state index in [0.29, 0.717) is 23.5 Å². The van der Waals surface area contributed by atoms with Crippen molar-refractivity contribution < 1.29 is 9.59 Å². The average molecular weight is 369 g/mol. The average Bonchev–Trinajstić information content (AvgIpc) is 2.59. The summed E-state index contributed by atoms with van der Waals surface area (Å²) in [6.45, 7) is 8.10. The van der Waals surface area contributed by atoms with E-state index in [4.69, 9.17) is 0 Å². The van der Waals surface area contributed by atoms with Gasteiger partial charge < -0.3 is 10.6 Å². The predicted octanol–water partition coefficient (Wildman–Crippen LogP) is 4.09. The number of thioether (sulfide) groups is 1. The number of para-hydroxylation sites is 1. The van der Waals surface area contributed by atoms with Gasteiger partial charge in [0.15, 0.2) is 0 Å². The fourth-order valence-electron chi connectivity index (χ4n) is 2.65. The Labute approximate surface area is 159 Å². The first-order valence-corrected chi connectivity index (χ1v) is 9.58. The molecule has 0 aliphatic carbocycles. The Hall–Kier alpha value is -2.53. The van der Waals surface area contributed by atoms with Gasteiger partial charge in [-0.1, -0.05) is 47.5 Å². The first-order valence-electron chi connectivity index (χ1n) is 8.42. The number of aryl methyl sites for hydroxylation is 2. The molecule has 0 atom stereocenters. The van der Waals surface area contributed by atoms with Gasteiger partial charge in [0.1, 0.15) is 0 Å². The maximum Gasteiger partial charge on any atom is 0.253 e. The molecule has 0 spiro atoms. The number of benzene rings is 2. The zero-order chi connectivity index (χ0) is 18.9. The lowest BCUT2D eigenvalue weighted by atomic mass is 10.1. The van der Waals surface area contributed by atoms with Crippen molar-refractivity contribution in [2.75, 3.05) is 17.6 Å². The number of hydrogen-bond donors (Lipinski definition) is 2. The number of rotatable bonds is 8. The van der Waals surface area contributed by atoms with Gasteiger partial charge in [0, 0.05) is 12.3 Å². The molecule has 0 aliphatic heterocycles. The standard InChI is InChI=1S/C21H24N2O2S/c1-4-9-22-21(25)18-7-5-6-8-19(18)23-20(24)14-26-13-17-11-15(2)10-16(3)12-17/h4-8,10-12H,1,9,13-14H2,2-3H3,(H,22,25)(H,23,24). The topological polar surface area (TPSA) is 58.2 Å². The number of nitrogens with one attached hydrogen (secondary N) is 2. The third-order valence-electron chi connectivity index (χ3n) is 3.64. The van der Waals surface area contributed by atoms with Crippen molar-refractivity contribution >= 4 is 29.3 Å². The van der Waals surface area contributed by atoms with Gasteiger partial charge in [-0.15, -0.1) is 18.3 Å². The highest BCUT2D eigenvalue weighted by Crippen LogP contribution is 2.18. The monoisotopic (exact) mass is 368 g/mol. The Balaban J connectivity index is 1.91. The third-order valence-corrected chi connectivity index (χ3v) is 4.64. The molecule has 2 rings (SSSR count). The Morgan fingerprint density at radius 3 is 2.50 bits per heavy atom. The molecule has 0 radical (unpaired) electrons. The van der Waals surface area contributed by atoms with E-state index in [1.807, 2.05) is 0 Å². The molecule has 0 bridgehead atoms. The molecule has 2 aromatic rings. The van der Waals surface area contributed by atoms with Crippen LogP contribution >= 0.6 is 11.8 Å². The second kappa shape index (κ2) is 9.82. The molecule has 2 aromatic carbocycles. The normalized spacial score (nSPS) is 10.2. The van der Waals surface area contributed by atoms with E-state index in [0.717, 1.165) is 5.75 Å². The first-order chi connectivity index (χ1) is 12.5. The van der Waals surface area contributed by atoms with Crippen LogP contribution in [-0.2, 0) is 10.5 Å². The summed E-state index contributed by atoms with van der Waals surface area (Å²) < 4.78 is 0. The van der Waals surface area contributed by atoms with Gasteiger partial charge in [0.25, 0.3) is 5.91 Å². The van der Waals surface area contributed by atoms with Crippen molar-refractivity contribution in [1.29, 1.82) is 0 Å². The first kappa shape index (κ1) is 19.8. The summed E-state index contributed by atoms with van der Waals surface area (Å²) in [4.78, 5) is 24.4. The minimum Gasteiger partial charge on any atom is -0.349 e. The van der Waals surface area contributed by atoms with E-state index >= 15 is 0 Å². The van der Waals surface area contributed by atoms with Crippen LogP contribution in [0.25, 0.3) is 0 Å². The Morgan fingerprint density at radius 1 is 1.12 bits per heavy atom. The van der Waals surface area contributed by atoms with Gasteiger partial charge in [-0.2, -0.15) is 0 Å². The summed E-state index contributed by atoms with van der Waals surface area (Å²) in [5.41, 5.74) is 4.63. The van der Waals surface area contributed by atoms with E-state index in [2.05, 4.69) is 49.3 Å². The maximum atomic E-state index is 12.2. The van der Waals surface area contributed by atoms with Crippen molar-refractivity contribution in [3.05, 3.63) is 77.4 Å². The molecule has 0 aromatic heterocycles. The van der Waals surface area contributed by atoms with E-state index in [9.17, 15) is 9.59 Å². The van der Waals surface area contributed by atoms with E-state index in [1.54, 1.807) is 42.1 Å². The highest BCUT2D eigenvalue weighted by molar-refractivity contribution is 7.99. The molecule has 2 amide bonds. The fraction of sp³-hybridized carbons (Fsp3) is 0.238. The van der Waals surface area contributed by atoms with Crippen LogP contribution in [0.15, 0.2) is 55.1 Å². The van der Waals surface area contributed by atoms with Crippen LogP contribution in [0.5, 0.6) is 0 Å². The summed E-state index contributed by atoms with van der Waals surface area (Å²) in [6.07, 6.45) is 1.61. The quantitative estimate of drug-likeness (QED) is 0.690. The molecular formula is C21H24N2O2S. The number of amides is 2. The predicted molar refractivity (Wildman–Crippen MR) is 110 cm³/mol. The summed E-state index contributed by atoms with van der Waals surface area (Å²) in [6, 6.07) is 13.4. The molecule has 0 unspecified atom stereocenters. The van der Waals surface area contributed by atoms with Gasteiger partial charge in [0.05, 0.1) is 17.0 Å². The fourth-order valence-corrected chi connectivity index (χ4v) is 3.41.